The average molecular weight is 158 g/mol. The van der Waals surface area contributed by atoms with Crippen LogP contribution in [0.2, 0.25) is 0 Å². The van der Waals surface area contributed by atoms with Gasteiger partial charge in [0.2, 0.25) is 0 Å². The van der Waals surface area contributed by atoms with E-state index < -0.39 is 11.4 Å². The van der Waals surface area contributed by atoms with E-state index in [0.29, 0.717) is 19.4 Å². The van der Waals surface area contributed by atoms with Gasteiger partial charge in [0.1, 0.15) is 0 Å². The van der Waals surface area contributed by atoms with Gasteiger partial charge in [-0.2, -0.15) is 0 Å². The van der Waals surface area contributed by atoms with Gasteiger partial charge in [-0.25, -0.2) is 0 Å². The topological polar surface area (TPSA) is 46.5 Å². The molecule has 1 N–H and O–H groups in total. The van der Waals surface area contributed by atoms with Gasteiger partial charge in [0.25, 0.3) is 0 Å². The third kappa shape index (κ3) is 1.25. The number of carboxylic acid groups (broad SMARTS) is 1. The normalized spacial score (nSPS) is 35.3. The zero-order chi connectivity index (χ0) is 8.48. The van der Waals surface area contributed by atoms with Crippen LogP contribution in [0.4, 0.5) is 0 Å². The van der Waals surface area contributed by atoms with Crippen LogP contribution in [0, 0.1) is 5.41 Å². The van der Waals surface area contributed by atoms with Crippen LogP contribution >= 0.6 is 0 Å². The molecule has 0 aromatic carbocycles. The van der Waals surface area contributed by atoms with Gasteiger partial charge in [-0.3, -0.25) is 4.79 Å². The Morgan fingerprint density at radius 2 is 2.36 bits per heavy atom. The minimum absolute atomic E-state index is 0.0324. The summed E-state index contributed by atoms with van der Waals surface area (Å²) in [5.41, 5.74) is -0.546. The molecule has 0 spiro atoms. The summed E-state index contributed by atoms with van der Waals surface area (Å²) in [6, 6.07) is 0. The Bertz CT molecular complexity index is 167. The van der Waals surface area contributed by atoms with Gasteiger partial charge in [-0.1, -0.05) is 6.92 Å². The quantitative estimate of drug-likeness (QED) is 0.670. The second kappa shape index (κ2) is 2.81. The maximum absolute atomic E-state index is 10.7. The fraction of sp³-hybridized carbons (Fsp3) is 0.875. The molecule has 11 heavy (non-hydrogen) atoms. The molecule has 0 aromatic rings. The van der Waals surface area contributed by atoms with E-state index in [0.717, 1.165) is 0 Å². The maximum atomic E-state index is 10.7. The Hall–Kier alpha value is -0.570. The Balaban J connectivity index is 2.49. The predicted molar refractivity (Wildman–Crippen MR) is 40.4 cm³/mol. The SMILES string of the molecule is CCOC1CC1(CC)C(=O)O. The van der Waals surface area contributed by atoms with Crippen LogP contribution in [0.3, 0.4) is 0 Å². The highest BCUT2D eigenvalue weighted by molar-refractivity contribution is 5.79. The zero-order valence-electron chi connectivity index (χ0n) is 6.96. The Morgan fingerprint density at radius 3 is 2.64 bits per heavy atom. The summed E-state index contributed by atoms with van der Waals surface area (Å²) in [7, 11) is 0. The number of carbonyl (C=O) groups is 1. The van der Waals surface area contributed by atoms with E-state index in [4.69, 9.17) is 9.84 Å². The number of carboxylic acids is 1. The van der Waals surface area contributed by atoms with Crippen molar-refractivity contribution in [1.29, 1.82) is 0 Å². The number of aliphatic carboxylic acids is 1. The van der Waals surface area contributed by atoms with Gasteiger partial charge in [-0.15, -0.1) is 0 Å². The fourth-order valence-corrected chi connectivity index (χ4v) is 1.44. The smallest absolute Gasteiger partial charge is 0.312 e. The molecule has 0 radical (unpaired) electrons. The van der Waals surface area contributed by atoms with E-state index >= 15 is 0 Å². The van der Waals surface area contributed by atoms with Gasteiger partial charge >= 0.3 is 5.97 Å². The van der Waals surface area contributed by atoms with Crippen LogP contribution in [0.5, 0.6) is 0 Å². The zero-order valence-corrected chi connectivity index (χ0v) is 6.96. The molecule has 0 saturated heterocycles. The molecular formula is C8H14O3. The second-order valence-corrected chi connectivity index (χ2v) is 2.96. The first kappa shape index (κ1) is 8.53. The Kier molecular flexibility index (Phi) is 2.18. The van der Waals surface area contributed by atoms with Crippen molar-refractivity contribution in [3.05, 3.63) is 0 Å². The number of hydrogen-bond acceptors (Lipinski definition) is 2. The van der Waals surface area contributed by atoms with E-state index in [-0.39, 0.29) is 6.10 Å². The monoisotopic (exact) mass is 158 g/mol. The van der Waals surface area contributed by atoms with Crippen LogP contribution in [0.25, 0.3) is 0 Å². The van der Waals surface area contributed by atoms with Crippen LogP contribution in [0.1, 0.15) is 26.7 Å². The van der Waals surface area contributed by atoms with Crippen molar-refractivity contribution in [2.75, 3.05) is 6.61 Å². The standard InChI is InChI=1S/C8H14O3/c1-3-8(7(9)10)5-6(8)11-4-2/h6H,3-5H2,1-2H3,(H,9,10). The summed E-state index contributed by atoms with van der Waals surface area (Å²) in [5, 5.41) is 8.82. The molecule has 0 bridgehead atoms. The van der Waals surface area contributed by atoms with Gasteiger partial charge in [0.05, 0.1) is 11.5 Å². The molecule has 1 fully saturated rings. The highest BCUT2D eigenvalue weighted by Gasteiger charge is 2.60. The highest BCUT2D eigenvalue weighted by atomic mass is 16.5. The molecule has 0 aromatic heterocycles. The minimum Gasteiger partial charge on any atom is -0.481 e. The van der Waals surface area contributed by atoms with E-state index in [9.17, 15) is 4.79 Å². The first-order valence-electron chi connectivity index (χ1n) is 4.02. The molecule has 2 atom stereocenters. The molecular weight excluding hydrogens is 144 g/mol. The van der Waals surface area contributed by atoms with E-state index in [1.807, 2.05) is 13.8 Å². The van der Waals surface area contributed by atoms with E-state index in [1.165, 1.54) is 0 Å². The van der Waals surface area contributed by atoms with Crippen molar-refractivity contribution in [2.45, 2.75) is 32.8 Å². The predicted octanol–water partition coefficient (Wildman–Crippen LogP) is 1.28. The molecule has 0 aliphatic heterocycles. The van der Waals surface area contributed by atoms with Gasteiger partial charge in [0.15, 0.2) is 0 Å². The summed E-state index contributed by atoms with van der Waals surface area (Å²) in [6.07, 6.45) is 1.33. The molecule has 0 heterocycles. The van der Waals surface area contributed by atoms with E-state index in [2.05, 4.69) is 0 Å². The molecule has 1 aliphatic carbocycles. The molecule has 3 nitrogen and oxygen atoms in total. The molecule has 0 amide bonds. The highest BCUT2D eigenvalue weighted by Crippen LogP contribution is 2.51. The largest absolute Gasteiger partial charge is 0.481 e. The second-order valence-electron chi connectivity index (χ2n) is 2.96. The summed E-state index contributed by atoms with van der Waals surface area (Å²) in [5.74, 6) is -0.710. The molecule has 3 heteroatoms. The molecule has 1 aliphatic rings. The molecule has 64 valence electrons. The van der Waals surface area contributed by atoms with Crippen LogP contribution in [-0.4, -0.2) is 23.8 Å². The minimum atomic E-state index is -0.710. The summed E-state index contributed by atoms with van der Waals surface area (Å²) in [6.45, 7) is 4.40. The lowest BCUT2D eigenvalue weighted by Gasteiger charge is -2.07. The van der Waals surface area contributed by atoms with Crippen molar-refractivity contribution in [1.82, 2.24) is 0 Å². The lowest BCUT2D eigenvalue weighted by Crippen LogP contribution is -2.19. The van der Waals surface area contributed by atoms with Crippen molar-refractivity contribution >= 4 is 5.97 Å². The molecule has 1 rings (SSSR count). The Morgan fingerprint density at radius 1 is 1.73 bits per heavy atom. The molecule has 1 saturated carbocycles. The van der Waals surface area contributed by atoms with Crippen LogP contribution in [-0.2, 0) is 9.53 Å². The first-order chi connectivity index (χ1) is 5.17. The van der Waals surface area contributed by atoms with Crippen molar-refractivity contribution < 1.29 is 14.6 Å². The molecule has 2 unspecified atom stereocenters. The third-order valence-corrected chi connectivity index (χ3v) is 2.43. The maximum Gasteiger partial charge on any atom is 0.312 e. The number of hydrogen-bond donors (Lipinski definition) is 1. The summed E-state index contributed by atoms with van der Waals surface area (Å²) < 4.78 is 5.24. The number of ether oxygens (including phenoxy) is 1. The lowest BCUT2D eigenvalue weighted by atomic mass is 10.0. The summed E-state index contributed by atoms with van der Waals surface area (Å²) >= 11 is 0. The summed E-state index contributed by atoms with van der Waals surface area (Å²) in [4.78, 5) is 10.7. The van der Waals surface area contributed by atoms with Crippen LogP contribution < -0.4 is 0 Å². The first-order valence-corrected chi connectivity index (χ1v) is 4.02. The average Bonchev–Trinajstić information content (AvgIpc) is 2.65. The van der Waals surface area contributed by atoms with Gasteiger partial charge in [0, 0.05) is 6.61 Å². The van der Waals surface area contributed by atoms with Crippen molar-refractivity contribution in [2.24, 2.45) is 5.41 Å². The van der Waals surface area contributed by atoms with Crippen molar-refractivity contribution in [3.63, 3.8) is 0 Å². The fourth-order valence-electron chi connectivity index (χ4n) is 1.44. The lowest BCUT2D eigenvalue weighted by molar-refractivity contribution is -0.145. The van der Waals surface area contributed by atoms with Crippen LogP contribution in [0.15, 0.2) is 0 Å². The van der Waals surface area contributed by atoms with Gasteiger partial charge < -0.3 is 9.84 Å². The number of rotatable bonds is 4. The van der Waals surface area contributed by atoms with Crippen molar-refractivity contribution in [3.8, 4) is 0 Å². The van der Waals surface area contributed by atoms with E-state index in [1.54, 1.807) is 0 Å². The third-order valence-electron chi connectivity index (χ3n) is 2.43. The Labute approximate surface area is 66.4 Å². The van der Waals surface area contributed by atoms with Gasteiger partial charge in [-0.05, 0) is 19.8 Å².